The lowest BCUT2D eigenvalue weighted by atomic mass is 10.2. The van der Waals surface area contributed by atoms with Crippen molar-refractivity contribution in [1.29, 1.82) is 0 Å². The topological polar surface area (TPSA) is 27.7 Å². The van der Waals surface area contributed by atoms with Crippen molar-refractivity contribution in [3.05, 3.63) is 0 Å². The molecule has 0 fully saturated rings. The minimum Gasteiger partial charge on any atom is -0.370 e. The number of hydrogen-bond acceptors (Lipinski definition) is 3. The van der Waals surface area contributed by atoms with E-state index >= 15 is 0 Å². The summed E-state index contributed by atoms with van der Waals surface area (Å²) in [6, 6.07) is 0. The smallest absolute Gasteiger partial charge is 0.370 e. The Kier molecular flexibility index (Phi) is 16.1. The Morgan fingerprint density at radius 2 is 1.00 bits per heavy atom. The molecule has 0 saturated carbocycles. The molecular weight excluding hydrogens is 342 g/mol. The van der Waals surface area contributed by atoms with E-state index in [2.05, 4.69) is 41.8 Å². The Bertz CT molecular complexity index is 287. The summed E-state index contributed by atoms with van der Waals surface area (Å²) in [5, 5.41) is 0. The second kappa shape index (κ2) is 16.1. The van der Waals surface area contributed by atoms with Gasteiger partial charge in [-0.2, -0.15) is 0 Å². The van der Waals surface area contributed by atoms with Gasteiger partial charge in [-0.3, -0.25) is 0 Å². The van der Waals surface area contributed by atoms with E-state index in [4.69, 9.17) is 13.3 Å². The van der Waals surface area contributed by atoms with Gasteiger partial charge in [-0.05, 0) is 32.1 Å². The molecule has 158 valence electrons. The monoisotopic (exact) mass is 390 g/mol. The third-order valence-corrected chi connectivity index (χ3v) is 7.87. The van der Waals surface area contributed by atoms with Crippen LogP contribution in [0.1, 0.15) is 91.9 Å². The maximum atomic E-state index is 6.41. The molecule has 0 atom stereocenters. The maximum absolute atomic E-state index is 6.41. The molecule has 0 unspecified atom stereocenters. The second-order valence-electron chi connectivity index (χ2n) is 8.17. The molecule has 0 spiro atoms. The van der Waals surface area contributed by atoms with E-state index < -0.39 is 8.80 Å². The van der Waals surface area contributed by atoms with Gasteiger partial charge in [0.25, 0.3) is 0 Å². The minimum absolute atomic E-state index is 0.761. The summed E-state index contributed by atoms with van der Waals surface area (Å²) >= 11 is 0. The quantitative estimate of drug-likeness (QED) is 0.164. The molecule has 0 N–H and O–H groups in total. The number of nitrogens with zero attached hydrogens (tertiary/aromatic N) is 1. The molecule has 0 heterocycles. The van der Waals surface area contributed by atoms with Crippen LogP contribution in [0.4, 0.5) is 0 Å². The van der Waals surface area contributed by atoms with Crippen molar-refractivity contribution < 1.29 is 17.8 Å². The first-order chi connectivity index (χ1) is 12.4. The van der Waals surface area contributed by atoms with Gasteiger partial charge < -0.3 is 17.8 Å². The van der Waals surface area contributed by atoms with Crippen LogP contribution < -0.4 is 0 Å². The lowest BCUT2D eigenvalue weighted by Gasteiger charge is -2.38. The predicted octanol–water partition coefficient (Wildman–Crippen LogP) is 5.57. The van der Waals surface area contributed by atoms with Gasteiger partial charge in [0.1, 0.15) is 6.17 Å². The Balaban J connectivity index is 4.98. The Morgan fingerprint density at radius 1 is 0.577 bits per heavy atom. The van der Waals surface area contributed by atoms with Gasteiger partial charge in [0.05, 0.1) is 20.6 Å². The number of hydrogen-bond donors (Lipinski definition) is 0. The first-order valence-electron chi connectivity index (χ1n) is 11.2. The molecule has 0 aromatic heterocycles. The van der Waals surface area contributed by atoms with Crippen LogP contribution in [0.15, 0.2) is 0 Å². The van der Waals surface area contributed by atoms with Gasteiger partial charge in [0.2, 0.25) is 0 Å². The van der Waals surface area contributed by atoms with E-state index in [1.165, 1.54) is 32.2 Å². The molecule has 0 aliphatic heterocycles. The summed E-state index contributed by atoms with van der Waals surface area (Å²) < 4.78 is 20.1. The highest BCUT2D eigenvalue weighted by Crippen LogP contribution is 2.19. The molecule has 0 aromatic carbocycles. The van der Waals surface area contributed by atoms with E-state index in [9.17, 15) is 0 Å². The van der Waals surface area contributed by atoms with Crippen molar-refractivity contribution in [3.8, 4) is 0 Å². The fourth-order valence-electron chi connectivity index (χ4n) is 2.95. The van der Waals surface area contributed by atoms with Crippen molar-refractivity contribution in [2.45, 2.75) is 91.9 Å². The Labute approximate surface area is 165 Å². The molecule has 0 amide bonds. The molecular formula is C21H48NO3Si+. The van der Waals surface area contributed by atoms with Gasteiger partial charge in [0.15, 0.2) is 0 Å². The zero-order valence-electron chi connectivity index (χ0n) is 18.8. The van der Waals surface area contributed by atoms with E-state index in [0.717, 1.165) is 69.0 Å². The standard InChI is InChI=1S/C21H48NO3Si/c1-7-11-15-16-17-22(5,6)21-26(23-18-12-8-2,24-19-13-9-3)25-20-14-10-4/h7-21H2,1-6H3/q+1. The Morgan fingerprint density at radius 3 is 1.38 bits per heavy atom. The van der Waals surface area contributed by atoms with Gasteiger partial charge in [-0.1, -0.05) is 59.8 Å². The summed E-state index contributed by atoms with van der Waals surface area (Å²) in [4.78, 5) is 0. The molecule has 0 radical (unpaired) electrons. The zero-order valence-corrected chi connectivity index (χ0v) is 19.8. The zero-order chi connectivity index (χ0) is 19.7. The van der Waals surface area contributed by atoms with Crippen molar-refractivity contribution in [2.75, 3.05) is 46.6 Å². The fourth-order valence-corrected chi connectivity index (χ4v) is 6.04. The van der Waals surface area contributed by atoms with Crippen molar-refractivity contribution in [2.24, 2.45) is 0 Å². The Hall–Kier alpha value is 0.0569. The molecule has 0 aliphatic rings. The highest BCUT2D eigenvalue weighted by molar-refractivity contribution is 6.60. The second-order valence-corrected chi connectivity index (χ2v) is 10.7. The highest BCUT2D eigenvalue weighted by atomic mass is 28.4. The summed E-state index contributed by atoms with van der Waals surface area (Å²) in [5.41, 5.74) is 0. The molecule has 26 heavy (non-hydrogen) atoms. The van der Waals surface area contributed by atoms with Gasteiger partial charge in [-0.25, -0.2) is 0 Å². The molecule has 0 saturated heterocycles. The fraction of sp³-hybridized carbons (Fsp3) is 1.00. The average molecular weight is 391 g/mol. The molecule has 0 bridgehead atoms. The van der Waals surface area contributed by atoms with Crippen LogP contribution in [-0.2, 0) is 13.3 Å². The lowest BCUT2D eigenvalue weighted by molar-refractivity contribution is -0.883. The van der Waals surface area contributed by atoms with Crippen LogP contribution in [0.5, 0.6) is 0 Å². The first-order valence-corrected chi connectivity index (χ1v) is 13.1. The van der Waals surface area contributed by atoms with Crippen molar-refractivity contribution >= 4 is 8.80 Å². The summed E-state index contributed by atoms with van der Waals surface area (Å²) in [5.74, 6) is 0. The minimum atomic E-state index is -2.64. The van der Waals surface area contributed by atoms with Crippen LogP contribution in [0, 0.1) is 0 Å². The van der Waals surface area contributed by atoms with Crippen LogP contribution >= 0.6 is 0 Å². The van der Waals surface area contributed by atoms with E-state index in [0.29, 0.717) is 0 Å². The highest BCUT2D eigenvalue weighted by Gasteiger charge is 2.48. The van der Waals surface area contributed by atoms with E-state index in [1.54, 1.807) is 0 Å². The normalized spacial score (nSPS) is 12.7. The summed E-state index contributed by atoms with van der Waals surface area (Å²) in [7, 11) is 1.98. The van der Waals surface area contributed by atoms with Crippen molar-refractivity contribution in [1.82, 2.24) is 0 Å². The maximum Gasteiger partial charge on any atom is 0.559 e. The third-order valence-electron chi connectivity index (χ3n) is 4.70. The van der Waals surface area contributed by atoms with Crippen LogP contribution in [0.2, 0.25) is 0 Å². The molecule has 5 heteroatoms. The summed E-state index contributed by atoms with van der Waals surface area (Å²) in [6.07, 6.45) is 12.7. The van der Waals surface area contributed by atoms with Gasteiger partial charge >= 0.3 is 8.80 Å². The number of rotatable bonds is 19. The first kappa shape index (κ1) is 26.1. The summed E-state index contributed by atoms with van der Waals surface area (Å²) in [6.45, 7) is 12.3. The van der Waals surface area contributed by atoms with Crippen molar-refractivity contribution in [3.63, 3.8) is 0 Å². The molecule has 4 nitrogen and oxygen atoms in total. The average Bonchev–Trinajstić information content (AvgIpc) is 2.59. The van der Waals surface area contributed by atoms with E-state index in [1.807, 2.05) is 0 Å². The molecule has 0 rings (SSSR count). The predicted molar refractivity (Wildman–Crippen MR) is 114 cm³/mol. The van der Waals surface area contributed by atoms with Gasteiger partial charge in [-0.15, -0.1) is 0 Å². The van der Waals surface area contributed by atoms with E-state index in [-0.39, 0.29) is 0 Å². The lowest BCUT2D eigenvalue weighted by Crippen LogP contribution is -2.61. The third kappa shape index (κ3) is 13.3. The molecule has 0 aliphatic carbocycles. The number of quaternary nitrogens is 1. The SMILES string of the molecule is CCCCCC[N+](C)(C)C[Si](OCCCC)(OCCCC)OCCCC. The van der Waals surface area contributed by atoms with Crippen LogP contribution in [0.25, 0.3) is 0 Å². The van der Waals surface area contributed by atoms with Crippen LogP contribution in [-0.4, -0.2) is 59.9 Å². The molecule has 0 aromatic rings. The largest absolute Gasteiger partial charge is 0.559 e. The number of unbranched alkanes of at least 4 members (excludes halogenated alkanes) is 6. The van der Waals surface area contributed by atoms with Crippen LogP contribution in [0.3, 0.4) is 0 Å². The van der Waals surface area contributed by atoms with Gasteiger partial charge in [0, 0.05) is 19.8 Å².